The second-order valence-corrected chi connectivity index (χ2v) is 8.14. The molecule has 1 aliphatic carbocycles. The Hall–Kier alpha value is -2.92. The van der Waals surface area contributed by atoms with E-state index in [2.05, 4.69) is 39.6 Å². The molecule has 5 heteroatoms. The van der Waals surface area contributed by atoms with Gasteiger partial charge in [-0.1, -0.05) is 18.6 Å². The highest BCUT2D eigenvalue weighted by Crippen LogP contribution is 2.37. The fourth-order valence-corrected chi connectivity index (χ4v) is 4.48. The van der Waals surface area contributed by atoms with Gasteiger partial charge in [-0.15, -0.1) is 0 Å². The zero-order chi connectivity index (χ0) is 19.8. The number of aromatic amines is 1. The average molecular weight is 387 g/mol. The molecule has 2 N–H and O–H groups in total. The third-order valence-corrected chi connectivity index (χ3v) is 6.03. The van der Waals surface area contributed by atoms with Gasteiger partial charge in [0.25, 0.3) is 5.56 Å². The average Bonchev–Trinajstić information content (AvgIpc) is 2.73. The van der Waals surface area contributed by atoms with Crippen molar-refractivity contribution in [1.29, 1.82) is 0 Å². The van der Waals surface area contributed by atoms with E-state index in [4.69, 9.17) is 4.74 Å². The van der Waals surface area contributed by atoms with Gasteiger partial charge in [-0.3, -0.25) is 14.8 Å². The monoisotopic (exact) mass is 387 g/mol. The summed E-state index contributed by atoms with van der Waals surface area (Å²) >= 11 is 0. The van der Waals surface area contributed by atoms with Crippen LogP contribution in [0.5, 0.6) is 5.88 Å². The number of hydrogen-bond acceptors (Lipinski definition) is 4. The zero-order valence-corrected chi connectivity index (χ0v) is 16.6. The SMILES string of the molecule is C1CC2CC(C1)N2.Cc1cc(-c2ccc3c(c2)COc2[nH]c(=O)ccc2-3)ccn1. The lowest BCUT2D eigenvalue weighted by atomic mass is 9.83. The molecule has 0 spiro atoms. The van der Waals surface area contributed by atoms with Crippen LogP contribution in [0.25, 0.3) is 22.3 Å². The van der Waals surface area contributed by atoms with Crippen molar-refractivity contribution in [3.63, 3.8) is 0 Å². The van der Waals surface area contributed by atoms with Gasteiger partial charge in [0.15, 0.2) is 0 Å². The minimum Gasteiger partial charge on any atom is -0.474 e. The molecule has 5 nitrogen and oxygen atoms in total. The number of piperidine rings is 1. The molecule has 7 rings (SSSR count). The minimum absolute atomic E-state index is 0.147. The van der Waals surface area contributed by atoms with Crippen molar-refractivity contribution in [2.45, 2.75) is 51.3 Å². The zero-order valence-electron chi connectivity index (χ0n) is 16.6. The summed E-state index contributed by atoms with van der Waals surface area (Å²) in [6.45, 7) is 2.44. The summed E-state index contributed by atoms with van der Waals surface area (Å²) in [5.41, 5.74) is 6.28. The van der Waals surface area contributed by atoms with Gasteiger partial charge in [-0.25, -0.2) is 0 Å². The lowest BCUT2D eigenvalue weighted by Crippen LogP contribution is -2.55. The quantitative estimate of drug-likeness (QED) is 0.657. The van der Waals surface area contributed by atoms with Gasteiger partial charge in [-0.2, -0.15) is 0 Å². The Kier molecular flexibility index (Phi) is 4.68. The van der Waals surface area contributed by atoms with Gasteiger partial charge in [0.1, 0.15) is 6.61 Å². The van der Waals surface area contributed by atoms with E-state index in [9.17, 15) is 4.79 Å². The number of hydrogen-bond donors (Lipinski definition) is 2. The number of benzene rings is 1. The molecular formula is C24H25N3O2. The number of nitrogens with one attached hydrogen (secondary N) is 2. The van der Waals surface area contributed by atoms with E-state index in [0.717, 1.165) is 45.6 Å². The smallest absolute Gasteiger partial charge is 0.250 e. The van der Waals surface area contributed by atoms with E-state index >= 15 is 0 Å². The van der Waals surface area contributed by atoms with Crippen LogP contribution in [0.1, 0.15) is 36.9 Å². The molecule has 2 bridgehead atoms. The van der Waals surface area contributed by atoms with E-state index in [1.54, 1.807) is 0 Å². The normalized spacial score (nSPS) is 20.9. The number of ether oxygens (including phenoxy) is 1. The first-order valence-corrected chi connectivity index (χ1v) is 10.3. The number of nitrogens with zero attached hydrogens (tertiary/aromatic N) is 1. The van der Waals surface area contributed by atoms with Gasteiger partial charge >= 0.3 is 0 Å². The molecule has 3 aromatic rings. The molecule has 0 amide bonds. The molecule has 3 fully saturated rings. The molecule has 4 aliphatic rings. The Morgan fingerprint density at radius 1 is 1.00 bits per heavy atom. The number of aromatic nitrogens is 2. The molecule has 2 atom stereocenters. The third-order valence-electron chi connectivity index (χ3n) is 6.03. The van der Waals surface area contributed by atoms with Crippen molar-refractivity contribution in [3.8, 4) is 28.1 Å². The first kappa shape index (κ1) is 18.1. The molecule has 2 aromatic heterocycles. The second-order valence-electron chi connectivity index (χ2n) is 8.14. The molecule has 0 radical (unpaired) electrons. The van der Waals surface area contributed by atoms with Gasteiger partial charge in [0.05, 0.1) is 0 Å². The van der Waals surface area contributed by atoms with E-state index in [-0.39, 0.29) is 5.56 Å². The minimum atomic E-state index is -0.147. The fraction of sp³-hybridized carbons (Fsp3) is 0.333. The molecule has 1 aromatic carbocycles. The van der Waals surface area contributed by atoms with Crippen LogP contribution in [-0.2, 0) is 6.61 Å². The highest BCUT2D eigenvalue weighted by molar-refractivity contribution is 5.77. The highest BCUT2D eigenvalue weighted by atomic mass is 16.5. The van der Waals surface area contributed by atoms with Crippen molar-refractivity contribution in [2.75, 3.05) is 0 Å². The van der Waals surface area contributed by atoms with Crippen molar-refractivity contribution < 1.29 is 4.74 Å². The Labute approximate surface area is 170 Å². The topological polar surface area (TPSA) is 67.0 Å². The van der Waals surface area contributed by atoms with Crippen LogP contribution >= 0.6 is 0 Å². The van der Waals surface area contributed by atoms with Crippen LogP contribution in [0.4, 0.5) is 0 Å². The molecule has 29 heavy (non-hydrogen) atoms. The predicted molar refractivity (Wildman–Crippen MR) is 114 cm³/mol. The van der Waals surface area contributed by atoms with Gasteiger partial charge < -0.3 is 10.1 Å². The predicted octanol–water partition coefficient (Wildman–Crippen LogP) is 4.21. The largest absolute Gasteiger partial charge is 0.474 e. The van der Waals surface area contributed by atoms with Crippen LogP contribution in [0, 0.1) is 6.92 Å². The lowest BCUT2D eigenvalue weighted by molar-refractivity contribution is 0.182. The molecular weight excluding hydrogens is 362 g/mol. The maximum Gasteiger partial charge on any atom is 0.250 e. The second kappa shape index (κ2) is 7.48. The van der Waals surface area contributed by atoms with Crippen molar-refractivity contribution in [3.05, 3.63) is 70.3 Å². The Morgan fingerprint density at radius 3 is 2.45 bits per heavy atom. The van der Waals surface area contributed by atoms with Crippen LogP contribution < -0.4 is 15.6 Å². The molecule has 3 aliphatic heterocycles. The summed E-state index contributed by atoms with van der Waals surface area (Å²) in [5, 5.41) is 3.48. The maximum atomic E-state index is 11.4. The fourth-order valence-electron chi connectivity index (χ4n) is 4.48. The molecule has 148 valence electrons. The summed E-state index contributed by atoms with van der Waals surface area (Å²) in [4.78, 5) is 18.4. The molecule has 5 heterocycles. The Balaban J connectivity index is 0.000000216. The maximum absolute atomic E-state index is 11.4. The van der Waals surface area contributed by atoms with Crippen molar-refractivity contribution in [1.82, 2.24) is 15.3 Å². The van der Waals surface area contributed by atoms with Gasteiger partial charge in [-0.05, 0) is 72.7 Å². The highest BCUT2D eigenvalue weighted by Gasteiger charge is 2.31. The van der Waals surface area contributed by atoms with E-state index < -0.39 is 0 Å². The van der Waals surface area contributed by atoms with Crippen LogP contribution in [-0.4, -0.2) is 22.1 Å². The Bertz CT molecular complexity index is 1090. The first-order valence-electron chi connectivity index (χ1n) is 10.3. The van der Waals surface area contributed by atoms with Gasteiger partial charge in [0, 0.05) is 35.6 Å². The Morgan fingerprint density at radius 2 is 1.76 bits per heavy atom. The van der Waals surface area contributed by atoms with Crippen LogP contribution in [0.3, 0.4) is 0 Å². The summed E-state index contributed by atoms with van der Waals surface area (Å²) in [7, 11) is 0. The lowest BCUT2D eigenvalue weighted by Gasteiger charge is -2.42. The number of aryl methyl sites for hydroxylation is 1. The third kappa shape index (κ3) is 3.70. The number of H-pyrrole nitrogens is 1. The molecule has 2 saturated heterocycles. The van der Waals surface area contributed by atoms with E-state index in [1.165, 1.54) is 31.7 Å². The number of rotatable bonds is 1. The first-order chi connectivity index (χ1) is 14.2. The molecule has 2 unspecified atom stereocenters. The number of fused-ring (bicyclic) bond motifs is 5. The standard InChI is InChI=1S/C18H14N2O2.C6H11N/c1-11-8-13(6-7-19-11)12-2-3-15-14(9-12)10-22-18-16(15)4-5-17(21)20-18;1-2-5-4-6(3-1)7-5/h2-9H,10H2,1H3,(H,20,21);5-7H,1-4H2. The van der Waals surface area contributed by atoms with Crippen molar-refractivity contribution in [2.24, 2.45) is 0 Å². The van der Waals surface area contributed by atoms with Crippen molar-refractivity contribution >= 4 is 0 Å². The van der Waals surface area contributed by atoms with Gasteiger partial charge in [0.2, 0.25) is 5.88 Å². The summed E-state index contributed by atoms with van der Waals surface area (Å²) in [6, 6.07) is 15.6. The van der Waals surface area contributed by atoms with Crippen LogP contribution in [0.2, 0.25) is 0 Å². The molecule has 1 saturated carbocycles. The summed E-state index contributed by atoms with van der Waals surface area (Å²) < 4.78 is 5.68. The van der Waals surface area contributed by atoms with E-state index in [0.29, 0.717) is 12.5 Å². The summed E-state index contributed by atoms with van der Waals surface area (Å²) in [6.07, 6.45) is 7.65. The van der Waals surface area contributed by atoms with Crippen LogP contribution in [0.15, 0.2) is 53.5 Å². The summed E-state index contributed by atoms with van der Waals surface area (Å²) in [5.74, 6) is 0.549. The number of pyridine rings is 2. The van der Waals surface area contributed by atoms with E-state index in [1.807, 2.05) is 25.3 Å².